The molecule has 0 aliphatic carbocycles. The predicted octanol–water partition coefficient (Wildman–Crippen LogP) is 5.59. The summed E-state index contributed by atoms with van der Waals surface area (Å²) in [5, 5.41) is 5.16. The third kappa shape index (κ3) is 3.42. The van der Waals surface area contributed by atoms with Crippen molar-refractivity contribution in [1.82, 2.24) is 0 Å². The minimum atomic E-state index is -0.232. The molecule has 1 aliphatic heterocycles. The Bertz CT molecular complexity index is 1040. The van der Waals surface area contributed by atoms with Crippen LogP contribution in [-0.2, 0) is 16.2 Å². The van der Waals surface area contributed by atoms with Crippen LogP contribution >= 0.6 is 23.2 Å². The van der Waals surface area contributed by atoms with Gasteiger partial charge in [-0.05, 0) is 30.3 Å². The van der Waals surface area contributed by atoms with E-state index in [2.05, 4.69) is 5.16 Å². The van der Waals surface area contributed by atoms with E-state index in [4.69, 9.17) is 28.0 Å². The highest BCUT2D eigenvalue weighted by molar-refractivity contribution is 6.55. The molecule has 0 atom stereocenters. The Hall–Kier alpha value is -2.82. The minimum absolute atomic E-state index is 0.139. The number of nitrogens with zero attached hydrogens (tertiary/aromatic N) is 2. The van der Waals surface area contributed by atoms with Gasteiger partial charge in [0.2, 0.25) is 0 Å². The van der Waals surface area contributed by atoms with E-state index < -0.39 is 0 Å². The van der Waals surface area contributed by atoms with Crippen LogP contribution in [0.2, 0.25) is 10.0 Å². The van der Waals surface area contributed by atoms with Crippen molar-refractivity contribution >= 4 is 46.2 Å². The second kappa shape index (κ2) is 7.43. The summed E-state index contributed by atoms with van der Waals surface area (Å²) in [6.45, 7) is 0.139. The smallest absolute Gasteiger partial charge is 0.285 e. The topological polar surface area (TPSA) is 41.9 Å². The summed E-state index contributed by atoms with van der Waals surface area (Å²) in [6, 6.07) is 22.1. The van der Waals surface area contributed by atoms with Crippen LogP contribution in [0, 0.1) is 0 Å². The lowest BCUT2D eigenvalue weighted by Gasteiger charge is -2.16. The average molecular weight is 397 g/mol. The Morgan fingerprint density at radius 2 is 1.67 bits per heavy atom. The normalized spacial score (nSPS) is 14.5. The molecule has 0 N–H and O–H groups in total. The van der Waals surface area contributed by atoms with Crippen LogP contribution in [0.4, 0.5) is 11.4 Å². The molecule has 0 fully saturated rings. The molecule has 6 heteroatoms. The van der Waals surface area contributed by atoms with Crippen molar-refractivity contribution in [3.05, 3.63) is 94.0 Å². The fourth-order valence-corrected chi connectivity index (χ4v) is 3.39. The molecule has 0 unspecified atom stereocenters. The maximum absolute atomic E-state index is 13.0. The SMILES string of the molecule is O=C1/C(=N/OCc2ccc(Cl)cc2Cl)c2ccccc2N1c1ccccc1. The molecule has 4 rings (SSSR count). The van der Waals surface area contributed by atoms with Gasteiger partial charge >= 0.3 is 0 Å². The van der Waals surface area contributed by atoms with Gasteiger partial charge < -0.3 is 4.84 Å². The van der Waals surface area contributed by atoms with E-state index >= 15 is 0 Å². The molecule has 4 nitrogen and oxygen atoms in total. The first-order chi connectivity index (χ1) is 13.1. The number of oxime groups is 1. The van der Waals surface area contributed by atoms with Gasteiger partial charge in [0.05, 0.1) is 5.69 Å². The molecule has 0 bridgehead atoms. The van der Waals surface area contributed by atoms with Crippen LogP contribution in [0.15, 0.2) is 78.0 Å². The van der Waals surface area contributed by atoms with Crippen LogP contribution in [-0.4, -0.2) is 11.6 Å². The molecule has 0 radical (unpaired) electrons. The van der Waals surface area contributed by atoms with Gasteiger partial charge in [-0.2, -0.15) is 0 Å². The largest absolute Gasteiger partial charge is 0.390 e. The maximum Gasteiger partial charge on any atom is 0.285 e. The lowest BCUT2D eigenvalue weighted by Crippen LogP contribution is -2.25. The Morgan fingerprint density at radius 3 is 2.44 bits per heavy atom. The van der Waals surface area contributed by atoms with Crippen LogP contribution in [0.1, 0.15) is 11.1 Å². The first-order valence-corrected chi connectivity index (χ1v) is 9.03. The van der Waals surface area contributed by atoms with Crippen LogP contribution in [0.3, 0.4) is 0 Å². The van der Waals surface area contributed by atoms with Crippen LogP contribution in [0.25, 0.3) is 0 Å². The van der Waals surface area contributed by atoms with Gasteiger partial charge in [-0.3, -0.25) is 9.69 Å². The van der Waals surface area contributed by atoms with Crippen LogP contribution < -0.4 is 4.90 Å². The standard InChI is InChI=1S/C21H14Cl2N2O2/c22-15-11-10-14(18(23)12-15)13-27-24-20-17-8-4-5-9-19(17)25(21(20)26)16-6-2-1-3-7-16/h1-12H,13H2/b24-20+. The predicted molar refractivity (Wildman–Crippen MR) is 108 cm³/mol. The Labute approximate surface area is 166 Å². The molecule has 1 amide bonds. The molecule has 3 aromatic rings. The molecular weight excluding hydrogens is 383 g/mol. The van der Waals surface area contributed by atoms with Crippen molar-refractivity contribution in [3.63, 3.8) is 0 Å². The number of rotatable bonds is 4. The van der Waals surface area contributed by atoms with Gasteiger partial charge in [0.1, 0.15) is 6.61 Å². The van der Waals surface area contributed by atoms with E-state index in [0.29, 0.717) is 10.0 Å². The number of amides is 1. The summed E-state index contributed by atoms with van der Waals surface area (Å²) >= 11 is 12.1. The molecule has 0 saturated carbocycles. The molecule has 27 heavy (non-hydrogen) atoms. The van der Waals surface area contributed by atoms with Gasteiger partial charge in [-0.1, -0.05) is 70.8 Å². The van der Waals surface area contributed by atoms with E-state index in [1.165, 1.54) is 0 Å². The van der Waals surface area contributed by atoms with Crippen molar-refractivity contribution < 1.29 is 9.63 Å². The zero-order chi connectivity index (χ0) is 18.8. The van der Waals surface area contributed by atoms with Gasteiger partial charge in [0.25, 0.3) is 5.91 Å². The first-order valence-electron chi connectivity index (χ1n) is 8.28. The number of hydrogen-bond donors (Lipinski definition) is 0. The molecule has 134 valence electrons. The molecule has 1 heterocycles. The average Bonchev–Trinajstić information content (AvgIpc) is 2.96. The highest BCUT2D eigenvalue weighted by atomic mass is 35.5. The fourth-order valence-electron chi connectivity index (χ4n) is 2.93. The number of halogens is 2. The summed E-state index contributed by atoms with van der Waals surface area (Å²) in [5.74, 6) is -0.232. The molecule has 0 spiro atoms. The van der Waals surface area contributed by atoms with E-state index in [0.717, 1.165) is 22.5 Å². The van der Waals surface area contributed by atoms with Gasteiger partial charge in [0, 0.05) is 26.9 Å². The number of benzene rings is 3. The molecule has 0 aromatic heterocycles. The van der Waals surface area contributed by atoms with Crippen molar-refractivity contribution in [3.8, 4) is 0 Å². The number of carbonyl (C=O) groups is 1. The van der Waals surface area contributed by atoms with E-state index in [-0.39, 0.29) is 18.2 Å². The number of fused-ring (bicyclic) bond motifs is 1. The Kier molecular flexibility index (Phi) is 4.84. The highest BCUT2D eigenvalue weighted by Gasteiger charge is 2.35. The Balaban J connectivity index is 1.63. The fraction of sp³-hybridized carbons (Fsp3) is 0.0476. The van der Waals surface area contributed by atoms with Crippen molar-refractivity contribution in [2.75, 3.05) is 4.90 Å². The van der Waals surface area contributed by atoms with Gasteiger partial charge in [-0.15, -0.1) is 0 Å². The van der Waals surface area contributed by atoms with Gasteiger partial charge in [0.15, 0.2) is 5.71 Å². The second-order valence-electron chi connectivity index (χ2n) is 5.94. The highest BCUT2D eigenvalue weighted by Crippen LogP contribution is 2.35. The number of carbonyl (C=O) groups excluding carboxylic acids is 1. The minimum Gasteiger partial charge on any atom is -0.390 e. The zero-order valence-electron chi connectivity index (χ0n) is 14.1. The summed E-state index contributed by atoms with van der Waals surface area (Å²) < 4.78 is 0. The van der Waals surface area contributed by atoms with Crippen molar-refractivity contribution in [1.29, 1.82) is 0 Å². The summed E-state index contributed by atoms with van der Waals surface area (Å²) in [5.41, 5.74) is 3.29. The second-order valence-corrected chi connectivity index (χ2v) is 6.79. The molecular formula is C21H14Cl2N2O2. The maximum atomic E-state index is 13.0. The number of hydrogen-bond acceptors (Lipinski definition) is 3. The molecule has 0 saturated heterocycles. The number of para-hydroxylation sites is 2. The number of anilines is 2. The van der Waals surface area contributed by atoms with E-state index in [1.54, 1.807) is 23.1 Å². The van der Waals surface area contributed by atoms with E-state index in [9.17, 15) is 4.79 Å². The van der Waals surface area contributed by atoms with Gasteiger partial charge in [-0.25, -0.2) is 0 Å². The first kappa shape index (κ1) is 17.6. The van der Waals surface area contributed by atoms with E-state index in [1.807, 2.05) is 54.6 Å². The Morgan fingerprint density at radius 1 is 0.926 bits per heavy atom. The lowest BCUT2D eigenvalue weighted by atomic mass is 10.1. The molecule has 3 aromatic carbocycles. The lowest BCUT2D eigenvalue weighted by molar-refractivity contribution is -0.111. The zero-order valence-corrected chi connectivity index (χ0v) is 15.6. The molecule has 1 aliphatic rings. The third-order valence-corrected chi connectivity index (χ3v) is 4.80. The van der Waals surface area contributed by atoms with Crippen molar-refractivity contribution in [2.24, 2.45) is 5.16 Å². The monoisotopic (exact) mass is 396 g/mol. The summed E-state index contributed by atoms with van der Waals surface area (Å²) in [4.78, 5) is 20.1. The van der Waals surface area contributed by atoms with Crippen LogP contribution in [0.5, 0.6) is 0 Å². The third-order valence-electron chi connectivity index (χ3n) is 4.21. The quantitative estimate of drug-likeness (QED) is 0.539. The summed E-state index contributed by atoms with van der Waals surface area (Å²) in [7, 11) is 0. The van der Waals surface area contributed by atoms with Crippen molar-refractivity contribution in [2.45, 2.75) is 6.61 Å². The summed E-state index contributed by atoms with van der Waals surface area (Å²) in [6.07, 6.45) is 0.